The van der Waals surface area contributed by atoms with Crippen molar-refractivity contribution in [2.24, 2.45) is 5.73 Å². The summed E-state index contributed by atoms with van der Waals surface area (Å²) in [5.74, 6) is 0.443. The van der Waals surface area contributed by atoms with Crippen molar-refractivity contribution < 1.29 is 4.39 Å². The maximum absolute atomic E-state index is 13.1. The Morgan fingerprint density at radius 1 is 1.39 bits per heavy atom. The highest BCUT2D eigenvalue weighted by Gasteiger charge is 2.07. The van der Waals surface area contributed by atoms with Crippen LogP contribution in [-0.2, 0) is 6.42 Å². The quantitative estimate of drug-likeness (QED) is 0.904. The summed E-state index contributed by atoms with van der Waals surface area (Å²) in [7, 11) is 0. The van der Waals surface area contributed by atoms with Gasteiger partial charge in [0.15, 0.2) is 0 Å². The van der Waals surface area contributed by atoms with Crippen molar-refractivity contribution in [1.82, 2.24) is 9.97 Å². The van der Waals surface area contributed by atoms with E-state index in [1.54, 1.807) is 12.3 Å². The zero-order valence-corrected chi connectivity index (χ0v) is 10.5. The van der Waals surface area contributed by atoms with Crippen molar-refractivity contribution in [1.29, 1.82) is 0 Å². The lowest BCUT2D eigenvalue weighted by Gasteiger charge is -2.09. The Hall–Kier alpha value is -1.81. The van der Waals surface area contributed by atoms with Gasteiger partial charge in [-0.1, -0.05) is 12.1 Å². The zero-order valence-electron chi connectivity index (χ0n) is 10.5. The topological polar surface area (TPSA) is 51.8 Å². The van der Waals surface area contributed by atoms with Crippen LogP contribution in [0.2, 0.25) is 0 Å². The summed E-state index contributed by atoms with van der Waals surface area (Å²) in [6.45, 7) is 3.81. The maximum atomic E-state index is 13.1. The molecule has 1 atom stereocenters. The van der Waals surface area contributed by atoms with Crippen LogP contribution in [0.4, 0.5) is 4.39 Å². The molecule has 0 amide bonds. The molecular weight excluding hydrogens is 229 g/mol. The summed E-state index contributed by atoms with van der Waals surface area (Å²) in [5.41, 5.74) is 8.49. The second-order valence-corrected chi connectivity index (χ2v) is 4.42. The molecule has 1 aromatic carbocycles. The molecular formula is C14H16FN3. The summed E-state index contributed by atoms with van der Waals surface area (Å²) in [5, 5.41) is 0. The first kappa shape index (κ1) is 12.6. The van der Waals surface area contributed by atoms with Gasteiger partial charge in [-0.25, -0.2) is 14.4 Å². The third-order valence-electron chi connectivity index (χ3n) is 2.81. The maximum Gasteiger partial charge on any atom is 0.132 e. The minimum atomic E-state index is -0.239. The molecule has 0 aliphatic heterocycles. The van der Waals surface area contributed by atoms with Crippen LogP contribution in [0.1, 0.15) is 35.6 Å². The Morgan fingerprint density at radius 2 is 2.17 bits per heavy atom. The van der Waals surface area contributed by atoms with Gasteiger partial charge in [0.2, 0.25) is 0 Å². The average molecular weight is 245 g/mol. The molecule has 94 valence electrons. The summed E-state index contributed by atoms with van der Waals surface area (Å²) in [6.07, 6.45) is 2.28. The van der Waals surface area contributed by atoms with E-state index in [9.17, 15) is 4.39 Å². The Morgan fingerprint density at radius 3 is 2.78 bits per heavy atom. The van der Waals surface area contributed by atoms with Crippen molar-refractivity contribution in [3.8, 4) is 0 Å². The Kier molecular flexibility index (Phi) is 3.67. The number of nitrogens with zero attached hydrogens (tertiary/aromatic N) is 2. The monoisotopic (exact) mass is 245 g/mol. The molecule has 0 saturated heterocycles. The van der Waals surface area contributed by atoms with E-state index < -0.39 is 0 Å². The normalized spacial score (nSPS) is 12.4. The Balaban J connectivity index is 2.23. The van der Waals surface area contributed by atoms with Crippen molar-refractivity contribution in [2.45, 2.75) is 26.3 Å². The van der Waals surface area contributed by atoms with Gasteiger partial charge in [-0.3, -0.25) is 0 Å². The fourth-order valence-electron chi connectivity index (χ4n) is 1.89. The highest BCUT2D eigenvalue weighted by Crippen LogP contribution is 2.14. The van der Waals surface area contributed by atoms with Crippen LogP contribution in [0.5, 0.6) is 0 Å². The van der Waals surface area contributed by atoms with Crippen LogP contribution in [0, 0.1) is 12.7 Å². The largest absolute Gasteiger partial charge is 0.324 e. The third kappa shape index (κ3) is 2.90. The van der Waals surface area contributed by atoms with E-state index in [-0.39, 0.29) is 11.9 Å². The predicted molar refractivity (Wildman–Crippen MR) is 68.6 cm³/mol. The second kappa shape index (κ2) is 5.23. The minimum absolute atomic E-state index is 0.0757. The molecule has 1 heterocycles. The lowest BCUT2D eigenvalue weighted by atomic mass is 10.1. The molecule has 18 heavy (non-hydrogen) atoms. The van der Waals surface area contributed by atoms with Gasteiger partial charge in [-0.2, -0.15) is 0 Å². The molecule has 0 aliphatic rings. The SMILES string of the molecule is Cc1nc(Cc2cccc(F)c2)ncc1[C@@H](C)N. The Bertz CT molecular complexity index is 552. The predicted octanol–water partition coefficient (Wildman–Crippen LogP) is 2.53. The third-order valence-corrected chi connectivity index (χ3v) is 2.81. The highest BCUT2D eigenvalue weighted by atomic mass is 19.1. The average Bonchev–Trinajstić information content (AvgIpc) is 2.28. The van der Waals surface area contributed by atoms with Gasteiger partial charge in [0.25, 0.3) is 0 Å². The van der Waals surface area contributed by atoms with E-state index in [0.29, 0.717) is 12.2 Å². The van der Waals surface area contributed by atoms with Gasteiger partial charge in [0.05, 0.1) is 0 Å². The van der Waals surface area contributed by atoms with Gasteiger partial charge in [-0.15, -0.1) is 0 Å². The molecule has 0 saturated carbocycles. The molecule has 0 spiro atoms. The van der Waals surface area contributed by atoms with E-state index >= 15 is 0 Å². The standard InChI is InChI=1S/C14H16FN3/c1-9(16)13-8-17-14(18-10(13)2)7-11-4-3-5-12(15)6-11/h3-6,8-9H,7,16H2,1-2H3/t9-/m1/s1. The number of rotatable bonds is 3. The summed E-state index contributed by atoms with van der Waals surface area (Å²) in [6, 6.07) is 6.40. The Labute approximate surface area is 106 Å². The molecule has 0 aliphatic carbocycles. The van der Waals surface area contributed by atoms with E-state index in [0.717, 1.165) is 16.8 Å². The number of hydrogen-bond acceptors (Lipinski definition) is 3. The lowest BCUT2D eigenvalue weighted by molar-refractivity contribution is 0.625. The number of benzene rings is 1. The molecule has 0 radical (unpaired) electrons. The van der Waals surface area contributed by atoms with Crippen LogP contribution in [0.25, 0.3) is 0 Å². The number of hydrogen-bond donors (Lipinski definition) is 1. The molecule has 2 aromatic rings. The molecule has 1 aromatic heterocycles. The molecule has 2 N–H and O–H groups in total. The number of aromatic nitrogens is 2. The van der Waals surface area contributed by atoms with Gasteiger partial charge in [0.1, 0.15) is 11.6 Å². The fourth-order valence-corrected chi connectivity index (χ4v) is 1.89. The van der Waals surface area contributed by atoms with Gasteiger partial charge in [0, 0.05) is 29.9 Å². The molecule has 0 bridgehead atoms. The van der Waals surface area contributed by atoms with Crippen LogP contribution in [0.3, 0.4) is 0 Å². The van der Waals surface area contributed by atoms with Crippen molar-refractivity contribution in [2.75, 3.05) is 0 Å². The molecule has 2 rings (SSSR count). The number of nitrogens with two attached hydrogens (primary N) is 1. The molecule has 0 unspecified atom stereocenters. The van der Waals surface area contributed by atoms with E-state index in [4.69, 9.17) is 5.73 Å². The first-order valence-electron chi connectivity index (χ1n) is 5.88. The van der Waals surface area contributed by atoms with Gasteiger partial charge >= 0.3 is 0 Å². The lowest BCUT2D eigenvalue weighted by Crippen LogP contribution is -2.10. The van der Waals surface area contributed by atoms with Crippen molar-refractivity contribution >= 4 is 0 Å². The second-order valence-electron chi connectivity index (χ2n) is 4.42. The zero-order chi connectivity index (χ0) is 13.1. The van der Waals surface area contributed by atoms with Gasteiger partial charge < -0.3 is 5.73 Å². The summed E-state index contributed by atoms with van der Waals surface area (Å²) in [4.78, 5) is 8.68. The summed E-state index contributed by atoms with van der Waals surface area (Å²) < 4.78 is 13.1. The minimum Gasteiger partial charge on any atom is -0.324 e. The fraction of sp³-hybridized carbons (Fsp3) is 0.286. The molecule has 4 heteroatoms. The smallest absolute Gasteiger partial charge is 0.132 e. The van der Waals surface area contributed by atoms with Crippen LogP contribution in [-0.4, -0.2) is 9.97 Å². The molecule has 3 nitrogen and oxygen atoms in total. The van der Waals surface area contributed by atoms with Crippen LogP contribution >= 0.6 is 0 Å². The van der Waals surface area contributed by atoms with Crippen LogP contribution < -0.4 is 5.73 Å². The summed E-state index contributed by atoms with van der Waals surface area (Å²) >= 11 is 0. The van der Waals surface area contributed by atoms with E-state index in [1.807, 2.05) is 19.9 Å². The van der Waals surface area contributed by atoms with Gasteiger partial charge in [-0.05, 0) is 31.5 Å². The van der Waals surface area contributed by atoms with Crippen molar-refractivity contribution in [3.05, 3.63) is 58.9 Å². The van der Waals surface area contributed by atoms with Crippen molar-refractivity contribution in [3.63, 3.8) is 0 Å². The molecule has 0 fully saturated rings. The first-order chi connectivity index (χ1) is 8.56. The van der Waals surface area contributed by atoms with Crippen LogP contribution in [0.15, 0.2) is 30.5 Å². The number of halogens is 1. The first-order valence-corrected chi connectivity index (χ1v) is 5.88. The van der Waals surface area contributed by atoms with E-state index in [1.165, 1.54) is 12.1 Å². The number of aryl methyl sites for hydroxylation is 1. The highest BCUT2D eigenvalue weighted by molar-refractivity contribution is 5.23. The van der Waals surface area contributed by atoms with E-state index in [2.05, 4.69) is 9.97 Å².